The Morgan fingerprint density at radius 1 is 1.22 bits per heavy atom. The molecule has 0 aliphatic carbocycles. The van der Waals surface area contributed by atoms with Gasteiger partial charge in [0.1, 0.15) is 5.75 Å². The van der Waals surface area contributed by atoms with Crippen molar-refractivity contribution in [2.75, 3.05) is 20.8 Å². The molecule has 2 aromatic rings. The number of nitrogens with zero attached hydrogens (tertiary/aromatic N) is 1. The molecule has 1 aromatic heterocycles. The van der Waals surface area contributed by atoms with E-state index >= 15 is 0 Å². The molecule has 0 saturated heterocycles. The van der Waals surface area contributed by atoms with Crippen molar-refractivity contribution < 1.29 is 28.2 Å². The molecule has 0 fully saturated rings. The Labute approximate surface area is 159 Å². The molecule has 0 bridgehead atoms. The molecule has 146 valence electrons. The Morgan fingerprint density at radius 3 is 2.37 bits per heavy atom. The summed E-state index contributed by atoms with van der Waals surface area (Å²) in [6.45, 7) is 3.85. The zero-order valence-corrected chi connectivity index (χ0v) is 16.7. The molecule has 0 spiro atoms. The number of allylic oxidation sites excluding steroid dienone is 1. The van der Waals surface area contributed by atoms with Gasteiger partial charge in [-0.25, -0.2) is 4.57 Å². The number of hydrogen-bond acceptors (Lipinski definition) is 7. The molecule has 1 heterocycles. The van der Waals surface area contributed by atoms with E-state index in [-0.39, 0.29) is 29.6 Å². The zero-order chi connectivity index (χ0) is 19.9. The minimum absolute atomic E-state index is 0.134. The van der Waals surface area contributed by atoms with Gasteiger partial charge >= 0.3 is 7.60 Å². The molecule has 1 unspecified atom stereocenters. The second-order valence-electron chi connectivity index (χ2n) is 5.42. The van der Waals surface area contributed by atoms with Crippen LogP contribution in [0.5, 0.6) is 23.0 Å². The van der Waals surface area contributed by atoms with Crippen molar-refractivity contribution in [3.8, 4) is 23.0 Å². The number of aromatic hydroxyl groups is 1. The number of rotatable bonds is 9. The van der Waals surface area contributed by atoms with Crippen molar-refractivity contribution in [3.05, 3.63) is 48.3 Å². The molecule has 2 rings (SSSR count). The van der Waals surface area contributed by atoms with E-state index in [0.29, 0.717) is 17.3 Å². The molecular formula is C19H24NO6P. The van der Waals surface area contributed by atoms with Crippen LogP contribution >= 0.6 is 7.60 Å². The van der Waals surface area contributed by atoms with E-state index in [1.54, 1.807) is 37.5 Å². The summed E-state index contributed by atoms with van der Waals surface area (Å²) in [5, 5.41) is 10.5. The number of benzene rings is 1. The van der Waals surface area contributed by atoms with Crippen LogP contribution < -0.4 is 14.0 Å². The van der Waals surface area contributed by atoms with Crippen LogP contribution in [-0.2, 0) is 9.09 Å². The van der Waals surface area contributed by atoms with E-state index in [1.165, 1.54) is 26.4 Å². The summed E-state index contributed by atoms with van der Waals surface area (Å²) in [5.74, 6) is 0.281. The molecule has 7 nitrogen and oxygen atoms in total. The van der Waals surface area contributed by atoms with Gasteiger partial charge in [-0.1, -0.05) is 19.1 Å². The Kier molecular flexibility index (Phi) is 7.28. The van der Waals surface area contributed by atoms with Crippen molar-refractivity contribution >= 4 is 12.9 Å². The van der Waals surface area contributed by atoms with Crippen LogP contribution in [0.15, 0.2) is 42.7 Å². The number of phenolic OH excluding ortho intramolecular Hbond substituents is 1. The Morgan fingerprint density at radius 2 is 1.89 bits per heavy atom. The fourth-order valence-electron chi connectivity index (χ4n) is 2.47. The first kappa shape index (κ1) is 20.8. The maximum Gasteiger partial charge on any atom is 0.411 e. The van der Waals surface area contributed by atoms with E-state index in [1.807, 2.05) is 6.92 Å². The first-order valence-corrected chi connectivity index (χ1v) is 10.0. The molecule has 8 heteroatoms. The van der Waals surface area contributed by atoms with Crippen LogP contribution in [0, 0.1) is 0 Å². The van der Waals surface area contributed by atoms with Crippen LogP contribution in [0.2, 0.25) is 0 Å². The average Bonchev–Trinajstić information content (AvgIpc) is 2.68. The number of hydrogen-bond donors (Lipinski definition) is 1. The SMILES string of the molecule is CC/C=C(\c1cccnc1)P(=O)(OCC)Oc1cc(OC)c(O)c(OC)c1. The maximum atomic E-state index is 13.7. The van der Waals surface area contributed by atoms with Gasteiger partial charge in [0.2, 0.25) is 5.75 Å². The van der Waals surface area contributed by atoms with Crippen LogP contribution in [-0.4, -0.2) is 30.9 Å². The lowest BCUT2D eigenvalue weighted by Crippen LogP contribution is -2.02. The van der Waals surface area contributed by atoms with Gasteiger partial charge in [0.25, 0.3) is 0 Å². The molecule has 0 aliphatic heterocycles. The number of pyridine rings is 1. The molecule has 0 saturated carbocycles. The minimum atomic E-state index is -3.74. The van der Waals surface area contributed by atoms with Crippen LogP contribution in [0.1, 0.15) is 25.8 Å². The van der Waals surface area contributed by atoms with Gasteiger partial charge in [-0.15, -0.1) is 0 Å². The van der Waals surface area contributed by atoms with Crippen molar-refractivity contribution in [2.45, 2.75) is 20.3 Å². The first-order chi connectivity index (χ1) is 13.0. The highest BCUT2D eigenvalue weighted by molar-refractivity contribution is 7.65. The Balaban J connectivity index is 2.53. The third kappa shape index (κ3) is 4.81. The largest absolute Gasteiger partial charge is 0.502 e. The van der Waals surface area contributed by atoms with Crippen molar-refractivity contribution in [1.82, 2.24) is 4.98 Å². The van der Waals surface area contributed by atoms with E-state index in [4.69, 9.17) is 18.5 Å². The van der Waals surface area contributed by atoms with Gasteiger partial charge < -0.3 is 19.1 Å². The summed E-state index contributed by atoms with van der Waals surface area (Å²) >= 11 is 0. The molecular weight excluding hydrogens is 369 g/mol. The number of aromatic nitrogens is 1. The lowest BCUT2D eigenvalue weighted by atomic mass is 10.2. The summed E-state index contributed by atoms with van der Waals surface area (Å²) in [4.78, 5) is 4.09. The van der Waals surface area contributed by atoms with E-state index in [9.17, 15) is 9.67 Å². The zero-order valence-electron chi connectivity index (χ0n) is 15.8. The summed E-state index contributed by atoms with van der Waals surface area (Å²) in [7, 11) is -0.935. The second kappa shape index (κ2) is 9.44. The Bertz CT molecular complexity index is 812. The first-order valence-electron chi connectivity index (χ1n) is 8.49. The van der Waals surface area contributed by atoms with Crippen LogP contribution in [0.3, 0.4) is 0 Å². The number of ether oxygens (including phenoxy) is 2. The predicted octanol–water partition coefficient (Wildman–Crippen LogP) is 4.86. The topological polar surface area (TPSA) is 87.1 Å². The van der Waals surface area contributed by atoms with Gasteiger partial charge in [0.15, 0.2) is 11.5 Å². The average molecular weight is 393 g/mol. The third-order valence-corrected chi connectivity index (χ3v) is 5.71. The predicted molar refractivity (Wildman–Crippen MR) is 104 cm³/mol. The summed E-state index contributed by atoms with van der Waals surface area (Å²) < 4.78 is 35.3. The van der Waals surface area contributed by atoms with Gasteiger partial charge in [-0.3, -0.25) is 9.51 Å². The molecule has 0 amide bonds. The van der Waals surface area contributed by atoms with Gasteiger partial charge in [-0.05, 0) is 19.4 Å². The monoisotopic (exact) mass is 393 g/mol. The standard InChI is InChI=1S/C19H24NO6P/c1-5-8-18(14-9-7-10-20-13-14)27(22,25-6-2)26-15-11-16(23-3)19(21)17(12-15)24-4/h7-13,21H,5-6H2,1-4H3/b18-8+. The van der Waals surface area contributed by atoms with Gasteiger partial charge in [-0.2, -0.15) is 0 Å². The van der Waals surface area contributed by atoms with Crippen molar-refractivity contribution in [3.63, 3.8) is 0 Å². The molecule has 0 aliphatic rings. The minimum Gasteiger partial charge on any atom is -0.502 e. The fourth-order valence-corrected chi connectivity index (χ4v) is 4.34. The highest BCUT2D eigenvalue weighted by atomic mass is 31.2. The highest BCUT2D eigenvalue weighted by Gasteiger charge is 2.33. The third-order valence-electron chi connectivity index (χ3n) is 3.63. The molecule has 1 aromatic carbocycles. The fraction of sp³-hybridized carbons (Fsp3) is 0.316. The highest BCUT2D eigenvalue weighted by Crippen LogP contribution is 2.60. The van der Waals surface area contributed by atoms with Crippen LogP contribution in [0.25, 0.3) is 5.31 Å². The summed E-state index contributed by atoms with van der Waals surface area (Å²) in [6, 6.07) is 6.40. The van der Waals surface area contributed by atoms with Gasteiger partial charge in [0, 0.05) is 30.1 Å². The van der Waals surface area contributed by atoms with Gasteiger partial charge in [0.05, 0.1) is 26.1 Å². The van der Waals surface area contributed by atoms with E-state index < -0.39 is 7.60 Å². The van der Waals surface area contributed by atoms with Crippen LogP contribution in [0.4, 0.5) is 0 Å². The Hall–Kier alpha value is -2.50. The summed E-state index contributed by atoms with van der Waals surface area (Å²) in [6.07, 6.45) is 5.67. The normalized spacial score (nSPS) is 13.7. The maximum absolute atomic E-state index is 13.7. The van der Waals surface area contributed by atoms with E-state index in [2.05, 4.69) is 4.98 Å². The lowest BCUT2D eigenvalue weighted by molar-refractivity contribution is 0.288. The summed E-state index contributed by atoms with van der Waals surface area (Å²) in [5.41, 5.74) is 0.647. The smallest absolute Gasteiger partial charge is 0.411 e. The van der Waals surface area contributed by atoms with E-state index in [0.717, 1.165) is 0 Å². The number of methoxy groups -OCH3 is 2. The molecule has 0 radical (unpaired) electrons. The second-order valence-corrected chi connectivity index (χ2v) is 7.34. The van der Waals surface area contributed by atoms with Crippen molar-refractivity contribution in [2.24, 2.45) is 0 Å². The molecule has 1 atom stereocenters. The van der Waals surface area contributed by atoms with Crippen molar-refractivity contribution in [1.29, 1.82) is 0 Å². The lowest BCUT2D eigenvalue weighted by Gasteiger charge is -2.22. The molecule has 27 heavy (non-hydrogen) atoms. The quantitative estimate of drug-likeness (QED) is 0.609. The molecule has 1 N–H and O–H groups in total. The number of phenols is 1.